The second-order valence-corrected chi connectivity index (χ2v) is 1.83. The molecule has 0 bridgehead atoms. The summed E-state index contributed by atoms with van der Waals surface area (Å²) in [5.41, 5.74) is 0. The third-order valence-electron chi connectivity index (χ3n) is 0.984. The van der Waals surface area contributed by atoms with Gasteiger partial charge in [-0.3, -0.25) is 0 Å². The third kappa shape index (κ3) is 11.8. The van der Waals surface area contributed by atoms with Crippen LogP contribution in [-0.4, -0.2) is 5.97 Å². The molecule has 0 saturated carbocycles. The van der Waals surface area contributed by atoms with Crippen LogP contribution >= 0.6 is 0 Å². The number of aliphatic carboxylic acids is 1. The van der Waals surface area contributed by atoms with E-state index >= 15 is 0 Å². The molecule has 2 nitrogen and oxygen atoms in total. The van der Waals surface area contributed by atoms with E-state index in [9.17, 15) is 9.90 Å². The Balaban J connectivity index is 0. The summed E-state index contributed by atoms with van der Waals surface area (Å²) >= 11 is 0. The third-order valence-corrected chi connectivity index (χ3v) is 0.984. The van der Waals surface area contributed by atoms with Gasteiger partial charge < -0.3 is 9.90 Å². The van der Waals surface area contributed by atoms with Crippen molar-refractivity contribution in [3.05, 3.63) is 0 Å². The van der Waals surface area contributed by atoms with Crippen molar-refractivity contribution in [3.8, 4) is 0 Å². The molecule has 0 aliphatic heterocycles. The Morgan fingerprint density at radius 1 is 1.44 bits per heavy atom. The fourth-order valence-electron chi connectivity index (χ4n) is 0.519. The number of carboxylic acids is 1. The van der Waals surface area contributed by atoms with Crippen LogP contribution in [0.1, 0.15) is 32.6 Å². The SMILES string of the molecule is CCCCCC(=O)[O-].[Na+]. The molecule has 0 rings (SSSR count). The Morgan fingerprint density at radius 2 is 2.00 bits per heavy atom. The van der Waals surface area contributed by atoms with Crippen molar-refractivity contribution in [2.75, 3.05) is 0 Å². The predicted octanol–water partition coefficient (Wildman–Crippen LogP) is -2.68. The average molecular weight is 138 g/mol. The smallest absolute Gasteiger partial charge is 0.550 e. The summed E-state index contributed by atoms with van der Waals surface area (Å²) in [7, 11) is 0. The van der Waals surface area contributed by atoms with E-state index in [1.165, 1.54) is 0 Å². The maximum absolute atomic E-state index is 9.76. The number of carboxylic acid groups (broad SMARTS) is 1. The Kier molecular flexibility index (Phi) is 11.5. The number of unbranched alkanes of at least 4 members (excludes halogenated alkanes) is 2. The molecule has 0 aromatic rings. The zero-order valence-corrected chi connectivity index (χ0v) is 8.14. The van der Waals surface area contributed by atoms with Crippen molar-refractivity contribution in [3.63, 3.8) is 0 Å². The van der Waals surface area contributed by atoms with E-state index in [4.69, 9.17) is 0 Å². The molecule has 9 heavy (non-hydrogen) atoms. The van der Waals surface area contributed by atoms with Crippen molar-refractivity contribution in [1.82, 2.24) is 0 Å². The minimum Gasteiger partial charge on any atom is -0.550 e. The fraction of sp³-hybridized carbons (Fsp3) is 0.833. The van der Waals surface area contributed by atoms with E-state index < -0.39 is 5.97 Å². The monoisotopic (exact) mass is 138 g/mol. The first kappa shape index (κ1) is 12.2. The van der Waals surface area contributed by atoms with Gasteiger partial charge in [-0.25, -0.2) is 0 Å². The van der Waals surface area contributed by atoms with E-state index in [2.05, 4.69) is 0 Å². The Bertz CT molecular complexity index is 73.5. The van der Waals surface area contributed by atoms with Crippen molar-refractivity contribution in [2.45, 2.75) is 32.6 Å². The number of hydrogen-bond acceptors (Lipinski definition) is 2. The largest absolute Gasteiger partial charge is 1.00 e. The van der Waals surface area contributed by atoms with Crippen molar-refractivity contribution in [2.24, 2.45) is 0 Å². The van der Waals surface area contributed by atoms with Crippen LogP contribution in [0.2, 0.25) is 0 Å². The molecule has 0 saturated heterocycles. The van der Waals surface area contributed by atoms with E-state index in [1.807, 2.05) is 6.92 Å². The van der Waals surface area contributed by atoms with Crippen LogP contribution in [0.25, 0.3) is 0 Å². The van der Waals surface area contributed by atoms with Gasteiger partial charge in [0.2, 0.25) is 0 Å². The maximum atomic E-state index is 9.76. The number of carbonyl (C=O) groups is 1. The first-order valence-electron chi connectivity index (χ1n) is 2.97. The molecule has 0 radical (unpaired) electrons. The van der Waals surface area contributed by atoms with Crippen LogP contribution in [0.15, 0.2) is 0 Å². The predicted molar refractivity (Wildman–Crippen MR) is 29.1 cm³/mol. The molecule has 0 N–H and O–H groups in total. The molecule has 0 amide bonds. The summed E-state index contributed by atoms with van der Waals surface area (Å²) in [6, 6.07) is 0. The van der Waals surface area contributed by atoms with Gasteiger partial charge in [0.15, 0.2) is 0 Å². The number of hydrogen-bond donors (Lipinski definition) is 0. The zero-order chi connectivity index (χ0) is 6.41. The maximum Gasteiger partial charge on any atom is 1.00 e. The summed E-state index contributed by atoms with van der Waals surface area (Å²) in [4.78, 5) is 9.76. The quantitative estimate of drug-likeness (QED) is 0.314. The van der Waals surface area contributed by atoms with Gasteiger partial charge in [0, 0.05) is 5.97 Å². The van der Waals surface area contributed by atoms with Gasteiger partial charge in [-0.1, -0.05) is 19.8 Å². The van der Waals surface area contributed by atoms with Crippen LogP contribution in [0.5, 0.6) is 0 Å². The molecule has 0 spiro atoms. The molecule has 0 heterocycles. The molecular weight excluding hydrogens is 127 g/mol. The van der Waals surface area contributed by atoms with Crippen LogP contribution < -0.4 is 34.7 Å². The van der Waals surface area contributed by atoms with Gasteiger partial charge >= 0.3 is 29.6 Å². The van der Waals surface area contributed by atoms with E-state index in [-0.39, 0.29) is 36.0 Å². The van der Waals surface area contributed by atoms with E-state index in [1.54, 1.807) is 0 Å². The van der Waals surface area contributed by atoms with E-state index in [0.717, 1.165) is 19.3 Å². The van der Waals surface area contributed by atoms with Gasteiger partial charge in [0.05, 0.1) is 0 Å². The summed E-state index contributed by atoms with van der Waals surface area (Å²) in [5.74, 6) is -0.932. The van der Waals surface area contributed by atoms with Crippen molar-refractivity contribution < 1.29 is 39.5 Å². The second-order valence-electron chi connectivity index (χ2n) is 1.83. The molecule has 0 aromatic heterocycles. The molecule has 3 heteroatoms. The molecule has 0 atom stereocenters. The molecule has 0 aromatic carbocycles. The van der Waals surface area contributed by atoms with Gasteiger partial charge in [-0.15, -0.1) is 0 Å². The normalized spacial score (nSPS) is 8.11. The van der Waals surface area contributed by atoms with Crippen LogP contribution in [0, 0.1) is 0 Å². The average Bonchev–Trinajstić information content (AvgIpc) is 1.66. The van der Waals surface area contributed by atoms with Crippen molar-refractivity contribution >= 4 is 5.97 Å². The minimum absolute atomic E-state index is 0. The Labute approximate surface area is 77.9 Å². The van der Waals surface area contributed by atoms with Gasteiger partial charge in [0.25, 0.3) is 0 Å². The summed E-state index contributed by atoms with van der Waals surface area (Å²) in [6.07, 6.45) is 3.04. The first-order chi connectivity index (χ1) is 3.77. The molecular formula is C6H11NaO2. The fourth-order valence-corrected chi connectivity index (χ4v) is 0.519. The van der Waals surface area contributed by atoms with Crippen molar-refractivity contribution in [1.29, 1.82) is 0 Å². The molecule has 0 aliphatic rings. The van der Waals surface area contributed by atoms with E-state index in [0.29, 0.717) is 0 Å². The topological polar surface area (TPSA) is 40.1 Å². The number of carbonyl (C=O) groups excluding carboxylic acids is 1. The van der Waals surface area contributed by atoms with Gasteiger partial charge in [0.1, 0.15) is 0 Å². The van der Waals surface area contributed by atoms with Gasteiger partial charge in [-0.05, 0) is 12.8 Å². The van der Waals surface area contributed by atoms with Crippen LogP contribution in [0.4, 0.5) is 0 Å². The number of rotatable bonds is 4. The molecule has 0 aliphatic carbocycles. The van der Waals surface area contributed by atoms with Crippen LogP contribution in [0.3, 0.4) is 0 Å². The Morgan fingerprint density at radius 3 is 2.33 bits per heavy atom. The summed E-state index contributed by atoms with van der Waals surface area (Å²) < 4.78 is 0. The van der Waals surface area contributed by atoms with Gasteiger partial charge in [-0.2, -0.15) is 0 Å². The first-order valence-corrected chi connectivity index (χ1v) is 2.97. The minimum atomic E-state index is -0.932. The zero-order valence-electron chi connectivity index (χ0n) is 6.14. The van der Waals surface area contributed by atoms with Crippen LogP contribution in [-0.2, 0) is 4.79 Å². The summed E-state index contributed by atoms with van der Waals surface area (Å²) in [5, 5.41) is 9.76. The standard InChI is InChI=1S/C6H12O2.Na/c1-2-3-4-5-6(7)8;/h2-5H2,1H3,(H,7,8);/q;+1/p-1. The molecule has 0 unspecified atom stereocenters. The second kappa shape index (κ2) is 8.47. The summed E-state index contributed by atoms with van der Waals surface area (Å²) in [6.45, 7) is 2.04. The molecule has 48 valence electrons. The molecule has 0 fully saturated rings. The Hall–Kier alpha value is 0.470.